The molecule has 1 atom stereocenters. The van der Waals surface area contributed by atoms with Crippen LogP contribution in [0.4, 0.5) is 18.9 Å². The van der Waals surface area contributed by atoms with Gasteiger partial charge in [0.25, 0.3) is 0 Å². The minimum atomic E-state index is -4.16. The molecular formula is C12H15F3N2O3S. The first-order valence-corrected chi connectivity index (χ1v) is 7.84. The highest BCUT2D eigenvalue weighted by atomic mass is 32.2. The number of hydrogen-bond donors (Lipinski definition) is 2. The third kappa shape index (κ3) is 3.47. The maximum Gasteiger partial charge on any atom is 0.302 e. The zero-order valence-electron chi connectivity index (χ0n) is 11.0. The Morgan fingerprint density at radius 2 is 1.86 bits per heavy atom. The van der Waals surface area contributed by atoms with E-state index >= 15 is 0 Å². The number of aliphatic hydroxyl groups excluding tert-OH is 1. The highest BCUT2D eigenvalue weighted by molar-refractivity contribution is 7.90. The van der Waals surface area contributed by atoms with Crippen molar-refractivity contribution in [3.8, 4) is 0 Å². The maximum absolute atomic E-state index is 13.5. The van der Waals surface area contributed by atoms with Crippen molar-refractivity contribution < 1.29 is 26.7 Å². The molecule has 1 saturated heterocycles. The lowest BCUT2D eigenvalue weighted by Crippen LogP contribution is -2.48. The van der Waals surface area contributed by atoms with Crippen molar-refractivity contribution in [3.05, 3.63) is 29.6 Å². The van der Waals surface area contributed by atoms with Crippen LogP contribution in [0.5, 0.6) is 0 Å². The molecule has 0 amide bonds. The summed E-state index contributed by atoms with van der Waals surface area (Å²) < 4.78 is 66.7. The lowest BCUT2D eigenvalue weighted by Gasteiger charge is -2.33. The lowest BCUT2D eigenvalue weighted by molar-refractivity contribution is 0.156. The van der Waals surface area contributed by atoms with Gasteiger partial charge in [-0.2, -0.15) is 12.7 Å². The second-order valence-corrected chi connectivity index (χ2v) is 6.42. The number of piperidine rings is 1. The molecule has 21 heavy (non-hydrogen) atoms. The summed E-state index contributed by atoms with van der Waals surface area (Å²) in [6.45, 7) is -0.187. The summed E-state index contributed by atoms with van der Waals surface area (Å²) in [6.07, 6.45) is 1.87. The molecule has 1 aromatic carbocycles. The van der Waals surface area contributed by atoms with Crippen LogP contribution in [0.2, 0.25) is 0 Å². The second kappa shape index (κ2) is 6.20. The fourth-order valence-electron chi connectivity index (χ4n) is 2.27. The van der Waals surface area contributed by atoms with Crippen LogP contribution in [0.15, 0.2) is 12.1 Å². The van der Waals surface area contributed by atoms with Gasteiger partial charge in [-0.1, -0.05) is 6.42 Å². The molecule has 0 aliphatic carbocycles. The molecular weight excluding hydrogens is 309 g/mol. The molecule has 0 radical (unpaired) electrons. The van der Waals surface area contributed by atoms with Crippen molar-refractivity contribution in [1.29, 1.82) is 0 Å². The van der Waals surface area contributed by atoms with Crippen LogP contribution in [-0.2, 0) is 10.2 Å². The first kappa shape index (κ1) is 16.1. The Morgan fingerprint density at radius 1 is 1.19 bits per heavy atom. The van der Waals surface area contributed by atoms with Crippen LogP contribution in [-0.4, -0.2) is 37.0 Å². The number of benzene rings is 1. The average Bonchev–Trinajstić information content (AvgIpc) is 2.44. The lowest BCUT2D eigenvalue weighted by atomic mass is 10.1. The van der Waals surface area contributed by atoms with Crippen molar-refractivity contribution in [1.82, 2.24) is 4.31 Å². The number of anilines is 1. The number of aliphatic hydroxyl groups is 1. The van der Waals surface area contributed by atoms with Crippen LogP contribution in [0.1, 0.15) is 19.3 Å². The molecule has 1 unspecified atom stereocenters. The van der Waals surface area contributed by atoms with Gasteiger partial charge in [0.2, 0.25) is 0 Å². The molecule has 1 aromatic rings. The summed E-state index contributed by atoms with van der Waals surface area (Å²) in [5.41, 5.74) is -0.670. The Hall–Kier alpha value is -1.32. The van der Waals surface area contributed by atoms with Gasteiger partial charge in [0.05, 0.1) is 12.3 Å². The second-order valence-electron chi connectivity index (χ2n) is 4.80. The quantitative estimate of drug-likeness (QED) is 0.827. The first-order chi connectivity index (χ1) is 9.85. The van der Waals surface area contributed by atoms with Gasteiger partial charge in [0.15, 0.2) is 11.6 Å². The minimum Gasteiger partial charge on any atom is -0.395 e. The van der Waals surface area contributed by atoms with Crippen LogP contribution in [0.25, 0.3) is 0 Å². The molecule has 0 saturated carbocycles. The minimum absolute atomic E-state index is 0.172. The molecule has 2 rings (SSSR count). The van der Waals surface area contributed by atoms with Gasteiger partial charge in [-0.15, -0.1) is 0 Å². The molecule has 9 heteroatoms. The number of hydrogen-bond acceptors (Lipinski definition) is 3. The van der Waals surface area contributed by atoms with Crippen LogP contribution in [0, 0.1) is 17.5 Å². The normalized spacial score (nSPS) is 20.5. The zero-order valence-corrected chi connectivity index (χ0v) is 11.8. The number of halogens is 3. The molecule has 5 nitrogen and oxygen atoms in total. The smallest absolute Gasteiger partial charge is 0.302 e. The van der Waals surface area contributed by atoms with E-state index in [9.17, 15) is 26.7 Å². The van der Waals surface area contributed by atoms with Crippen LogP contribution >= 0.6 is 0 Å². The van der Waals surface area contributed by atoms with E-state index in [0.29, 0.717) is 18.9 Å². The van der Waals surface area contributed by atoms with E-state index in [4.69, 9.17) is 0 Å². The third-order valence-electron chi connectivity index (χ3n) is 3.34. The molecule has 0 bridgehead atoms. The van der Waals surface area contributed by atoms with E-state index in [1.54, 1.807) is 0 Å². The van der Waals surface area contributed by atoms with Crippen molar-refractivity contribution in [2.24, 2.45) is 0 Å². The average molecular weight is 324 g/mol. The molecule has 0 spiro atoms. The van der Waals surface area contributed by atoms with E-state index in [1.807, 2.05) is 4.72 Å². The Kier molecular flexibility index (Phi) is 4.74. The van der Waals surface area contributed by atoms with Gasteiger partial charge in [-0.05, 0) is 12.8 Å². The molecule has 2 N–H and O–H groups in total. The monoisotopic (exact) mass is 324 g/mol. The van der Waals surface area contributed by atoms with Crippen molar-refractivity contribution in [2.45, 2.75) is 25.3 Å². The first-order valence-electron chi connectivity index (χ1n) is 6.40. The molecule has 1 heterocycles. The molecule has 1 aliphatic heterocycles. The Balaban J connectivity index is 2.26. The van der Waals surface area contributed by atoms with E-state index in [0.717, 1.165) is 10.7 Å². The van der Waals surface area contributed by atoms with Crippen molar-refractivity contribution in [2.75, 3.05) is 17.9 Å². The SMILES string of the molecule is O=S(=O)(Nc1cc(F)c(F)cc1F)N1CCCCC1CO. The highest BCUT2D eigenvalue weighted by Gasteiger charge is 2.32. The summed E-state index contributed by atoms with van der Waals surface area (Å²) >= 11 is 0. The van der Waals surface area contributed by atoms with E-state index in [1.165, 1.54) is 0 Å². The van der Waals surface area contributed by atoms with Gasteiger partial charge in [0.1, 0.15) is 5.82 Å². The van der Waals surface area contributed by atoms with Gasteiger partial charge in [0, 0.05) is 24.7 Å². The van der Waals surface area contributed by atoms with Gasteiger partial charge in [-0.25, -0.2) is 13.2 Å². The Morgan fingerprint density at radius 3 is 2.52 bits per heavy atom. The molecule has 1 fully saturated rings. The topological polar surface area (TPSA) is 69.6 Å². The predicted molar refractivity (Wildman–Crippen MR) is 70.3 cm³/mol. The number of nitrogens with one attached hydrogen (secondary N) is 1. The van der Waals surface area contributed by atoms with Gasteiger partial charge < -0.3 is 5.11 Å². The van der Waals surface area contributed by atoms with Crippen LogP contribution < -0.4 is 4.72 Å². The van der Waals surface area contributed by atoms with E-state index in [-0.39, 0.29) is 19.2 Å². The van der Waals surface area contributed by atoms with Gasteiger partial charge in [-0.3, -0.25) is 4.72 Å². The standard InChI is InChI=1S/C12H15F3N2O3S/c13-9-5-11(15)12(6-10(9)14)16-21(19,20)17-4-2-1-3-8(17)7-18/h5-6,8,16,18H,1-4,7H2. The zero-order chi connectivity index (χ0) is 15.6. The molecule has 1 aliphatic rings. The predicted octanol–water partition coefficient (Wildman–Crippen LogP) is 1.61. The Bertz CT molecular complexity index is 624. The summed E-state index contributed by atoms with van der Waals surface area (Å²) in [5.74, 6) is -3.97. The summed E-state index contributed by atoms with van der Waals surface area (Å²) in [7, 11) is -4.16. The molecule has 0 aromatic heterocycles. The van der Waals surface area contributed by atoms with Crippen molar-refractivity contribution in [3.63, 3.8) is 0 Å². The fourth-order valence-corrected chi connectivity index (χ4v) is 3.76. The number of rotatable bonds is 4. The maximum atomic E-state index is 13.5. The van der Waals surface area contributed by atoms with Gasteiger partial charge >= 0.3 is 10.2 Å². The van der Waals surface area contributed by atoms with E-state index < -0.39 is 39.4 Å². The summed E-state index contributed by atoms with van der Waals surface area (Å²) in [4.78, 5) is 0. The number of nitrogens with zero attached hydrogens (tertiary/aromatic N) is 1. The Labute approximate surface area is 120 Å². The summed E-state index contributed by atoms with van der Waals surface area (Å²) in [5, 5.41) is 9.21. The third-order valence-corrected chi connectivity index (χ3v) is 4.92. The summed E-state index contributed by atoms with van der Waals surface area (Å²) in [6, 6.07) is 0.108. The fraction of sp³-hybridized carbons (Fsp3) is 0.500. The highest BCUT2D eigenvalue weighted by Crippen LogP contribution is 2.24. The molecule has 118 valence electrons. The van der Waals surface area contributed by atoms with Crippen molar-refractivity contribution >= 4 is 15.9 Å². The largest absolute Gasteiger partial charge is 0.395 e. The van der Waals surface area contributed by atoms with Crippen LogP contribution in [0.3, 0.4) is 0 Å². The van der Waals surface area contributed by atoms with E-state index in [2.05, 4.69) is 0 Å².